The van der Waals surface area contributed by atoms with Gasteiger partial charge >= 0.3 is 7.60 Å². The van der Waals surface area contributed by atoms with E-state index in [0.717, 1.165) is 4.68 Å². The van der Waals surface area contributed by atoms with Crippen molar-refractivity contribution in [2.24, 2.45) is 5.92 Å². The van der Waals surface area contributed by atoms with Crippen molar-refractivity contribution in [1.82, 2.24) is 25.0 Å². The van der Waals surface area contributed by atoms with Crippen LogP contribution in [0.5, 0.6) is 5.88 Å². The van der Waals surface area contributed by atoms with Gasteiger partial charge in [0, 0.05) is 30.7 Å². The van der Waals surface area contributed by atoms with Crippen LogP contribution in [0.1, 0.15) is 29.8 Å². The molecule has 170 valence electrons. The van der Waals surface area contributed by atoms with Gasteiger partial charge in [-0.1, -0.05) is 0 Å². The molecule has 3 N–H and O–H groups in total. The Labute approximate surface area is 182 Å². The van der Waals surface area contributed by atoms with Crippen molar-refractivity contribution < 1.29 is 23.9 Å². The van der Waals surface area contributed by atoms with E-state index >= 15 is 0 Å². The van der Waals surface area contributed by atoms with Gasteiger partial charge in [0.15, 0.2) is 0 Å². The maximum Gasteiger partial charge on any atom is 0.325 e. The maximum atomic E-state index is 13.3. The SMILES string of the molecule is COc1cc2cnn(C(=O)c3ccn[nH]3)c(=O)c2c(N2CCC(CCP(=O)(O)O)CC2)n1. The lowest BCUT2D eigenvalue weighted by Crippen LogP contribution is -2.36. The van der Waals surface area contributed by atoms with Crippen LogP contribution in [0, 0.1) is 5.92 Å². The van der Waals surface area contributed by atoms with Crippen LogP contribution in [-0.2, 0) is 4.57 Å². The number of H-pyrrole nitrogens is 1. The number of hydrogen-bond donors (Lipinski definition) is 3. The summed E-state index contributed by atoms with van der Waals surface area (Å²) in [5, 5.41) is 11.0. The lowest BCUT2D eigenvalue weighted by atomic mass is 9.94. The number of ether oxygens (including phenoxy) is 1. The summed E-state index contributed by atoms with van der Waals surface area (Å²) in [5.41, 5.74) is -0.469. The molecule has 0 saturated carbocycles. The number of pyridine rings is 1. The fraction of sp³-hybridized carbons (Fsp3) is 0.421. The van der Waals surface area contributed by atoms with Crippen LogP contribution >= 0.6 is 7.60 Å². The smallest absolute Gasteiger partial charge is 0.325 e. The molecule has 1 aliphatic heterocycles. The van der Waals surface area contributed by atoms with Crippen molar-refractivity contribution in [2.45, 2.75) is 19.3 Å². The van der Waals surface area contributed by atoms with Gasteiger partial charge in [0.05, 0.1) is 24.9 Å². The molecule has 32 heavy (non-hydrogen) atoms. The normalized spacial score (nSPS) is 15.3. The largest absolute Gasteiger partial charge is 0.481 e. The number of carbonyl (C=O) groups excluding carboxylic acids is 1. The number of anilines is 1. The highest BCUT2D eigenvalue weighted by Crippen LogP contribution is 2.38. The number of nitrogens with one attached hydrogen (secondary N) is 1. The molecule has 1 aliphatic rings. The number of piperidine rings is 1. The first-order chi connectivity index (χ1) is 15.3. The Morgan fingerprint density at radius 1 is 1.34 bits per heavy atom. The molecule has 1 saturated heterocycles. The molecule has 0 radical (unpaired) electrons. The van der Waals surface area contributed by atoms with Crippen LogP contribution in [0.15, 0.2) is 29.3 Å². The van der Waals surface area contributed by atoms with E-state index in [4.69, 9.17) is 14.5 Å². The van der Waals surface area contributed by atoms with Crippen molar-refractivity contribution in [2.75, 3.05) is 31.3 Å². The average molecular weight is 462 g/mol. The van der Waals surface area contributed by atoms with Gasteiger partial charge in [0.25, 0.3) is 11.5 Å². The van der Waals surface area contributed by atoms with E-state index in [2.05, 4.69) is 20.3 Å². The lowest BCUT2D eigenvalue weighted by Gasteiger charge is -2.33. The number of nitrogens with zero attached hydrogens (tertiary/aromatic N) is 5. The number of fused-ring (bicyclic) bond motifs is 1. The van der Waals surface area contributed by atoms with E-state index in [1.54, 1.807) is 6.07 Å². The summed E-state index contributed by atoms with van der Waals surface area (Å²) in [4.78, 5) is 50.6. The van der Waals surface area contributed by atoms with Gasteiger partial charge in [0.2, 0.25) is 5.88 Å². The molecule has 1 fully saturated rings. The first-order valence-electron chi connectivity index (χ1n) is 10.1. The highest BCUT2D eigenvalue weighted by molar-refractivity contribution is 7.51. The molecular formula is C19H23N6O6P. The Morgan fingerprint density at radius 3 is 2.72 bits per heavy atom. The van der Waals surface area contributed by atoms with Gasteiger partial charge in [0.1, 0.15) is 11.5 Å². The van der Waals surface area contributed by atoms with E-state index in [1.165, 1.54) is 25.6 Å². The van der Waals surface area contributed by atoms with Gasteiger partial charge in [-0.25, -0.2) is 0 Å². The summed E-state index contributed by atoms with van der Waals surface area (Å²) in [6, 6.07) is 3.04. The van der Waals surface area contributed by atoms with Crippen molar-refractivity contribution in [3.05, 3.63) is 40.6 Å². The molecule has 0 aliphatic carbocycles. The first-order valence-corrected chi connectivity index (χ1v) is 11.9. The minimum absolute atomic E-state index is 0.132. The lowest BCUT2D eigenvalue weighted by molar-refractivity contribution is 0.0934. The standard InChI is InChI=1S/C19H23N6O6P/c1-31-15-10-13-11-21-25(18(26)14-2-6-20-23-14)19(27)16(13)17(22-15)24-7-3-12(4-8-24)5-9-32(28,29)30/h2,6,10-12H,3-5,7-9H2,1H3,(H,20,23)(H2,28,29,30). The molecule has 4 rings (SSSR count). The Hall–Kier alpha value is -3.08. The third kappa shape index (κ3) is 4.57. The van der Waals surface area contributed by atoms with Crippen molar-refractivity contribution >= 4 is 30.1 Å². The molecule has 0 spiro atoms. The van der Waals surface area contributed by atoms with Crippen LogP contribution in [0.25, 0.3) is 10.8 Å². The van der Waals surface area contributed by atoms with E-state index < -0.39 is 19.1 Å². The molecule has 0 bridgehead atoms. The monoisotopic (exact) mass is 462 g/mol. The van der Waals surface area contributed by atoms with E-state index in [0.29, 0.717) is 49.4 Å². The third-order valence-electron chi connectivity index (χ3n) is 5.60. The molecule has 13 heteroatoms. The van der Waals surface area contributed by atoms with Gasteiger partial charge in [-0.2, -0.15) is 19.9 Å². The molecular weight excluding hydrogens is 439 g/mol. The average Bonchev–Trinajstić information content (AvgIpc) is 3.31. The highest BCUT2D eigenvalue weighted by Gasteiger charge is 2.26. The second-order valence-corrected chi connectivity index (χ2v) is 9.47. The number of carbonyl (C=O) groups is 1. The second-order valence-electron chi connectivity index (χ2n) is 7.70. The van der Waals surface area contributed by atoms with Crippen LogP contribution in [-0.4, -0.2) is 67.0 Å². The summed E-state index contributed by atoms with van der Waals surface area (Å²) in [7, 11) is -2.55. The van der Waals surface area contributed by atoms with Crippen LogP contribution in [0.4, 0.5) is 5.82 Å². The first kappa shape index (κ1) is 22.1. The maximum absolute atomic E-state index is 13.3. The predicted molar refractivity (Wildman–Crippen MR) is 115 cm³/mol. The molecule has 12 nitrogen and oxygen atoms in total. The molecule has 0 aromatic carbocycles. The Balaban J connectivity index is 1.67. The zero-order valence-corrected chi connectivity index (χ0v) is 18.2. The molecule has 3 aromatic heterocycles. The minimum atomic E-state index is -4.02. The van der Waals surface area contributed by atoms with Gasteiger partial charge in [-0.05, 0) is 31.2 Å². The zero-order valence-electron chi connectivity index (χ0n) is 17.3. The summed E-state index contributed by atoms with van der Waals surface area (Å²) >= 11 is 0. The fourth-order valence-corrected chi connectivity index (χ4v) is 4.58. The summed E-state index contributed by atoms with van der Waals surface area (Å²) in [5.74, 6) is 0.254. The van der Waals surface area contributed by atoms with Gasteiger partial charge < -0.3 is 19.4 Å². The Morgan fingerprint density at radius 2 is 2.09 bits per heavy atom. The predicted octanol–water partition coefficient (Wildman–Crippen LogP) is 0.996. The molecule has 4 heterocycles. The molecule has 0 atom stereocenters. The van der Waals surface area contributed by atoms with Crippen molar-refractivity contribution in [3.63, 3.8) is 0 Å². The number of methoxy groups -OCH3 is 1. The summed E-state index contributed by atoms with van der Waals surface area (Å²) in [6.45, 7) is 1.11. The number of rotatable bonds is 6. The van der Waals surface area contributed by atoms with E-state index in [1.807, 2.05) is 4.90 Å². The summed E-state index contributed by atoms with van der Waals surface area (Å²) in [6.07, 6.45) is 4.54. The minimum Gasteiger partial charge on any atom is -0.481 e. The number of hydrogen-bond acceptors (Lipinski definition) is 8. The highest BCUT2D eigenvalue weighted by atomic mass is 31.2. The number of aromatic amines is 1. The van der Waals surface area contributed by atoms with E-state index in [-0.39, 0.29) is 23.2 Å². The topological polar surface area (TPSA) is 164 Å². The van der Waals surface area contributed by atoms with Crippen molar-refractivity contribution in [1.29, 1.82) is 0 Å². The van der Waals surface area contributed by atoms with Crippen LogP contribution < -0.4 is 15.2 Å². The Kier molecular flexibility index (Phi) is 6.09. The molecule has 3 aromatic rings. The van der Waals surface area contributed by atoms with Crippen LogP contribution in [0.2, 0.25) is 0 Å². The van der Waals surface area contributed by atoms with Crippen LogP contribution in [0.3, 0.4) is 0 Å². The number of aromatic nitrogens is 5. The quantitative estimate of drug-likeness (QED) is 0.450. The van der Waals surface area contributed by atoms with Gasteiger partial charge in [-0.3, -0.25) is 19.3 Å². The Bertz CT molecular complexity index is 1230. The third-order valence-corrected chi connectivity index (χ3v) is 6.44. The molecule has 0 unspecified atom stereocenters. The molecule has 0 amide bonds. The van der Waals surface area contributed by atoms with E-state index in [9.17, 15) is 14.2 Å². The second kappa shape index (κ2) is 8.81. The van der Waals surface area contributed by atoms with Gasteiger partial charge in [-0.15, -0.1) is 0 Å². The fourth-order valence-electron chi connectivity index (χ4n) is 3.88. The summed E-state index contributed by atoms with van der Waals surface area (Å²) < 4.78 is 17.2. The zero-order chi connectivity index (χ0) is 22.9. The van der Waals surface area contributed by atoms with Crippen molar-refractivity contribution in [3.8, 4) is 5.88 Å².